The van der Waals surface area contributed by atoms with E-state index in [1.54, 1.807) is 38.5 Å². The number of methoxy groups -OCH3 is 2. The van der Waals surface area contributed by atoms with Gasteiger partial charge in [-0.05, 0) is 55.2 Å². The summed E-state index contributed by atoms with van der Waals surface area (Å²) in [7, 11) is 3.14. The smallest absolute Gasteiger partial charge is 0.295 e. The standard InChI is InChI=1S/C31H33NO6/c1-5-16-38-24-11-7-10-23(19-24)29(33)27-28(22-9-6-8-20(2)17-22)32(31(35)30(27)34)15-14-21-12-13-25(36-3)26(18-21)37-4/h6-13,17-19,28,33H,5,14-16H2,1-4H3/b29-27+. The van der Waals surface area contributed by atoms with Gasteiger partial charge in [0.2, 0.25) is 0 Å². The lowest BCUT2D eigenvalue weighted by atomic mass is 9.94. The number of aliphatic hydroxyl groups is 1. The summed E-state index contributed by atoms with van der Waals surface area (Å²) >= 11 is 0. The van der Waals surface area contributed by atoms with Crippen LogP contribution in [0.4, 0.5) is 0 Å². The van der Waals surface area contributed by atoms with Crippen LogP contribution in [0.1, 0.15) is 41.6 Å². The van der Waals surface area contributed by atoms with Gasteiger partial charge in [-0.15, -0.1) is 0 Å². The molecule has 3 aromatic carbocycles. The molecule has 0 bridgehead atoms. The summed E-state index contributed by atoms with van der Waals surface area (Å²) in [5.41, 5.74) is 3.17. The summed E-state index contributed by atoms with van der Waals surface area (Å²) in [5, 5.41) is 11.4. The number of rotatable bonds is 10. The van der Waals surface area contributed by atoms with E-state index in [2.05, 4.69) is 0 Å². The summed E-state index contributed by atoms with van der Waals surface area (Å²) in [6, 6.07) is 19.5. The van der Waals surface area contributed by atoms with Crippen LogP contribution >= 0.6 is 0 Å². The highest BCUT2D eigenvalue weighted by atomic mass is 16.5. The van der Waals surface area contributed by atoms with Crippen molar-refractivity contribution in [2.45, 2.75) is 32.7 Å². The zero-order chi connectivity index (χ0) is 27.2. The minimum Gasteiger partial charge on any atom is -0.507 e. The van der Waals surface area contributed by atoms with E-state index in [4.69, 9.17) is 14.2 Å². The maximum absolute atomic E-state index is 13.4. The van der Waals surface area contributed by atoms with E-state index in [1.165, 1.54) is 4.90 Å². The SMILES string of the molecule is CCCOc1cccc(/C(O)=C2\C(=O)C(=O)N(CCc3ccc(OC)c(OC)c3)C2c2cccc(C)c2)c1. The number of aryl methyl sites for hydroxylation is 1. The zero-order valence-electron chi connectivity index (χ0n) is 22.2. The Balaban J connectivity index is 1.73. The number of benzene rings is 3. The number of carbonyl (C=O) groups is 2. The molecule has 0 aliphatic carbocycles. The molecule has 1 N–H and O–H groups in total. The molecule has 1 aliphatic heterocycles. The lowest BCUT2D eigenvalue weighted by Crippen LogP contribution is -2.31. The molecule has 1 saturated heterocycles. The lowest BCUT2D eigenvalue weighted by Gasteiger charge is -2.26. The lowest BCUT2D eigenvalue weighted by molar-refractivity contribution is -0.139. The second-order valence-electron chi connectivity index (χ2n) is 9.22. The average molecular weight is 516 g/mol. The number of hydrogen-bond donors (Lipinski definition) is 1. The number of nitrogens with zero attached hydrogens (tertiary/aromatic N) is 1. The fourth-order valence-corrected chi connectivity index (χ4v) is 4.69. The predicted octanol–water partition coefficient (Wildman–Crippen LogP) is 5.47. The van der Waals surface area contributed by atoms with Crippen LogP contribution in [0.15, 0.2) is 72.3 Å². The van der Waals surface area contributed by atoms with Gasteiger partial charge in [0.05, 0.1) is 32.4 Å². The van der Waals surface area contributed by atoms with Crippen molar-refractivity contribution in [3.05, 3.63) is 94.6 Å². The number of hydrogen-bond acceptors (Lipinski definition) is 6. The molecule has 1 fully saturated rings. The minimum atomic E-state index is -0.727. The molecule has 4 rings (SSSR count). The first kappa shape index (κ1) is 26.8. The average Bonchev–Trinajstić information content (AvgIpc) is 3.19. The molecule has 1 unspecified atom stereocenters. The number of ketones is 1. The van der Waals surface area contributed by atoms with Gasteiger partial charge in [0.25, 0.3) is 11.7 Å². The molecule has 0 radical (unpaired) electrons. The van der Waals surface area contributed by atoms with Crippen molar-refractivity contribution in [1.29, 1.82) is 0 Å². The Labute approximate surface area is 223 Å². The van der Waals surface area contributed by atoms with Crippen molar-refractivity contribution < 1.29 is 28.9 Å². The van der Waals surface area contributed by atoms with E-state index < -0.39 is 17.7 Å². The normalized spacial score (nSPS) is 16.5. The van der Waals surface area contributed by atoms with Gasteiger partial charge >= 0.3 is 0 Å². The number of Topliss-reactive ketones (excluding diaryl/α,β-unsaturated/α-hetero) is 1. The molecule has 0 aromatic heterocycles. The van der Waals surface area contributed by atoms with Crippen LogP contribution in [-0.4, -0.2) is 49.1 Å². The van der Waals surface area contributed by atoms with Crippen LogP contribution in [0.25, 0.3) is 5.76 Å². The molecule has 1 atom stereocenters. The summed E-state index contributed by atoms with van der Waals surface area (Å²) in [4.78, 5) is 28.2. The monoisotopic (exact) mass is 515 g/mol. The quantitative estimate of drug-likeness (QED) is 0.219. The van der Waals surface area contributed by atoms with E-state index in [-0.39, 0.29) is 17.9 Å². The maximum atomic E-state index is 13.4. The summed E-state index contributed by atoms with van der Waals surface area (Å²) in [5.74, 6) is 0.225. The zero-order valence-corrected chi connectivity index (χ0v) is 22.2. The fourth-order valence-electron chi connectivity index (χ4n) is 4.69. The van der Waals surface area contributed by atoms with E-state index in [0.29, 0.717) is 35.8 Å². The third kappa shape index (κ3) is 5.52. The molecule has 7 heteroatoms. The van der Waals surface area contributed by atoms with Crippen LogP contribution in [0.5, 0.6) is 17.2 Å². The Kier molecular flexibility index (Phi) is 8.36. The Morgan fingerprint density at radius 2 is 1.71 bits per heavy atom. The number of ether oxygens (including phenoxy) is 3. The highest BCUT2D eigenvalue weighted by Gasteiger charge is 2.45. The van der Waals surface area contributed by atoms with Gasteiger partial charge in [0, 0.05) is 12.1 Å². The van der Waals surface area contributed by atoms with Crippen molar-refractivity contribution in [2.75, 3.05) is 27.4 Å². The van der Waals surface area contributed by atoms with Gasteiger partial charge in [-0.2, -0.15) is 0 Å². The largest absolute Gasteiger partial charge is 0.507 e. The summed E-state index contributed by atoms with van der Waals surface area (Å²) < 4.78 is 16.4. The van der Waals surface area contributed by atoms with E-state index in [9.17, 15) is 14.7 Å². The predicted molar refractivity (Wildman–Crippen MR) is 146 cm³/mol. The molecule has 3 aromatic rings. The summed E-state index contributed by atoms with van der Waals surface area (Å²) in [6.07, 6.45) is 1.32. The van der Waals surface area contributed by atoms with Crippen LogP contribution in [-0.2, 0) is 16.0 Å². The maximum Gasteiger partial charge on any atom is 0.295 e. The molecule has 1 aliphatic rings. The van der Waals surface area contributed by atoms with Gasteiger partial charge in [-0.1, -0.05) is 55.0 Å². The van der Waals surface area contributed by atoms with Crippen molar-refractivity contribution in [1.82, 2.24) is 4.90 Å². The Morgan fingerprint density at radius 3 is 2.42 bits per heavy atom. The fraction of sp³-hybridized carbons (Fsp3) is 0.290. The number of likely N-dealkylation sites (tertiary alicyclic amines) is 1. The molecule has 198 valence electrons. The third-order valence-electron chi connectivity index (χ3n) is 6.57. The molecule has 0 spiro atoms. The first-order valence-corrected chi connectivity index (χ1v) is 12.7. The number of aliphatic hydroxyl groups excluding tert-OH is 1. The number of carbonyl (C=O) groups excluding carboxylic acids is 2. The van der Waals surface area contributed by atoms with Crippen molar-refractivity contribution in [3.8, 4) is 17.2 Å². The van der Waals surface area contributed by atoms with Crippen molar-refractivity contribution in [2.24, 2.45) is 0 Å². The van der Waals surface area contributed by atoms with E-state index in [0.717, 1.165) is 23.1 Å². The van der Waals surface area contributed by atoms with Gasteiger partial charge < -0.3 is 24.2 Å². The van der Waals surface area contributed by atoms with Gasteiger partial charge in [-0.3, -0.25) is 9.59 Å². The first-order valence-electron chi connectivity index (χ1n) is 12.7. The van der Waals surface area contributed by atoms with Crippen molar-refractivity contribution in [3.63, 3.8) is 0 Å². The molecule has 0 saturated carbocycles. The molecular formula is C31H33NO6. The summed E-state index contributed by atoms with van der Waals surface area (Å²) in [6.45, 7) is 4.77. The third-order valence-corrected chi connectivity index (χ3v) is 6.57. The molecule has 1 heterocycles. The highest BCUT2D eigenvalue weighted by Crippen LogP contribution is 2.40. The van der Waals surface area contributed by atoms with Gasteiger partial charge in [0.15, 0.2) is 11.5 Å². The van der Waals surface area contributed by atoms with Crippen LogP contribution in [0.3, 0.4) is 0 Å². The molecule has 7 nitrogen and oxygen atoms in total. The second kappa shape index (κ2) is 11.9. The van der Waals surface area contributed by atoms with E-state index >= 15 is 0 Å². The van der Waals surface area contributed by atoms with E-state index in [1.807, 2.05) is 56.3 Å². The Bertz CT molecular complexity index is 1360. The Morgan fingerprint density at radius 1 is 0.947 bits per heavy atom. The topological polar surface area (TPSA) is 85.3 Å². The van der Waals surface area contributed by atoms with Crippen LogP contribution in [0.2, 0.25) is 0 Å². The van der Waals surface area contributed by atoms with Crippen molar-refractivity contribution >= 4 is 17.4 Å². The number of amides is 1. The molecular weight excluding hydrogens is 482 g/mol. The second-order valence-corrected chi connectivity index (χ2v) is 9.22. The van der Waals surface area contributed by atoms with Gasteiger partial charge in [-0.25, -0.2) is 0 Å². The minimum absolute atomic E-state index is 0.0700. The van der Waals surface area contributed by atoms with Gasteiger partial charge in [0.1, 0.15) is 11.5 Å². The molecule has 1 amide bonds. The highest BCUT2D eigenvalue weighted by molar-refractivity contribution is 6.46. The first-order chi connectivity index (χ1) is 18.4. The molecule has 38 heavy (non-hydrogen) atoms. The Hall–Kier alpha value is -4.26. The van der Waals surface area contributed by atoms with Crippen LogP contribution < -0.4 is 14.2 Å². The van der Waals surface area contributed by atoms with Crippen LogP contribution in [0, 0.1) is 6.92 Å².